The van der Waals surface area contributed by atoms with Crippen molar-refractivity contribution in [3.8, 4) is 0 Å². The van der Waals surface area contributed by atoms with Crippen LogP contribution in [0.4, 0.5) is 14.6 Å². The normalized spacial score (nSPS) is 15.4. The number of amidine groups is 1. The van der Waals surface area contributed by atoms with E-state index in [1.54, 1.807) is 37.3 Å². The molecule has 1 saturated heterocycles. The summed E-state index contributed by atoms with van der Waals surface area (Å²) in [6.07, 6.45) is 6.51. The van der Waals surface area contributed by atoms with Crippen molar-refractivity contribution >= 4 is 17.4 Å². The van der Waals surface area contributed by atoms with Crippen LogP contribution in [-0.2, 0) is 4.74 Å². The summed E-state index contributed by atoms with van der Waals surface area (Å²) in [5.41, 5.74) is 14.2. The largest absolute Gasteiger partial charge is 0.397 e. The van der Waals surface area contributed by atoms with Gasteiger partial charge in [-0.1, -0.05) is 12.7 Å². The van der Waals surface area contributed by atoms with Crippen LogP contribution in [-0.4, -0.2) is 65.1 Å². The van der Waals surface area contributed by atoms with Crippen LogP contribution >= 0.6 is 0 Å². The maximum Gasteiger partial charge on any atom is 0.177 e. The summed E-state index contributed by atoms with van der Waals surface area (Å²) in [6, 6.07) is 1.71. The molecule has 200 valence electrons. The van der Waals surface area contributed by atoms with E-state index in [0.717, 1.165) is 45.3 Å². The number of hydrogen-bond donors (Lipinski definition) is 5. The minimum Gasteiger partial charge on any atom is -0.397 e. The van der Waals surface area contributed by atoms with E-state index in [1.165, 1.54) is 11.1 Å². The predicted octanol–water partition coefficient (Wildman–Crippen LogP) is 1.49. The molecule has 0 bridgehead atoms. The second-order valence-electron chi connectivity index (χ2n) is 7.84. The molecule has 0 aliphatic carbocycles. The summed E-state index contributed by atoms with van der Waals surface area (Å²) >= 11 is 0. The van der Waals surface area contributed by atoms with Crippen molar-refractivity contribution in [3.63, 3.8) is 0 Å². The first-order valence-electron chi connectivity index (χ1n) is 11.3. The molecule has 10 N–H and O–H groups in total. The molecular formula is C23H38F2N10O. The minimum atomic E-state index is -0.845. The van der Waals surface area contributed by atoms with Gasteiger partial charge in [0.25, 0.3) is 0 Å². The summed E-state index contributed by atoms with van der Waals surface area (Å²) in [4.78, 5) is 6.53. The Kier molecular flexibility index (Phi) is 13.7. The molecular weight excluding hydrogens is 470 g/mol. The van der Waals surface area contributed by atoms with Crippen molar-refractivity contribution < 1.29 is 13.5 Å². The molecule has 0 amide bonds. The van der Waals surface area contributed by atoms with E-state index in [4.69, 9.17) is 33.7 Å². The summed E-state index contributed by atoms with van der Waals surface area (Å²) in [6.45, 7) is 12.2. The number of nitrogens with two attached hydrogens (primary N) is 5. The van der Waals surface area contributed by atoms with Crippen LogP contribution in [0.3, 0.4) is 0 Å². The predicted molar refractivity (Wildman–Crippen MR) is 140 cm³/mol. The maximum atomic E-state index is 11.5. The van der Waals surface area contributed by atoms with Crippen molar-refractivity contribution in [2.24, 2.45) is 28.4 Å². The van der Waals surface area contributed by atoms with Gasteiger partial charge < -0.3 is 27.1 Å². The topological polar surface area (TPSA) is 174 Å². The highest BCUT2D eigenvalue weighted by Gasteiger charge is 2.17. The lowest BCUT2D eigenvalue weighted by Gasteiger charge is -2.27. The third-order valence-electron chi connectivity index (χ3n) is 4.98. The van der Waals surface area contributed by atoms with Crippen LogP contribution in [0.15, 0.2) is 60.1 Å². The Morgan fingerprint density at radius 2 is 2.00 bits per heavy atom. The Hall–Kier alpha value is -3.52. The second kappa shape index (κ2) is 16.2. The average molecular weight is 509 g/mol. The molecule has 0 radical (unpaired) electrons. The summed E-state index contributed by atoms with van der Waals surface area (Å²) in [5, 5.41) is 6.51. The van der Waals surface area contributed by atoms with E-state index >= 15 is 0 Å². The fraction of sp³-hybridized carbons (Fsp3) is 0.391. The summed E-state index contributed by atoms with van der Waals surface area (Å²) < 4.78 is 27.9. The first kappa shape index (κ1) is 30.5. The number of hydrazine groups is 2. The molecule has 36 heavy (non-hydrogen) atoms. The van der Waals surface area contributed by atoms with E-state index in [0.29, 0.717) is 29.1 Å². The van der Waals surface area contributed by atoms with Crippen molar-refractivity contribution in [1.82, 2.24) is 19.9 Å². The summed E-state index contributed by atoms with van der Waals surface area (Å²) in [7, 11) is 0. The van der Waals surface area contributed by atoms with Gasteiger partial charge in [-0.25, -0.2) is 25.5 Å². The van der Waals surface area contributed by atoms with Crippen LogP contribution in [0.25, 0.3) is 5.70 Å². The molecule has 11 nitrogen and oxygen atoms in total. The fourth-order valence-corrected chi connectivity index (χ4v) is 3.07. The third kappa shape index (κ3) is 10.4. The number of nitrogens with zero attached hydrogens (tertiary/aromatic N) is 5. The number of morpholine rings is 1. The molecule has 0 aromatic carbocycles. The molecule has 1 aliphatic heterocycles. The van der Waals surface area contributed by atoms with Crippen LogP contribution in [0.2, 0.25) is 0 Å². The number of ether oxygens (including phenoxy) is 1. The molecule has 1 aromatic rings. The minimum absolute atomic E-state index is 0.0833. The zero-order chi connectivity index (χ0) is 27.1. The van der Waals surface area contributed by atoms with E-state index in [2.05, 4.69) is 21.6 Å². The smallest absolute Gasteiger partial charge is 0.177 e. The van der Waals surface area contributed by atoms with Gasteiger partial charge in [0.15, 0.2) is 11.7 Å². The van der Waals surface area contributed by atoms with E-state index in [9.17, 15) is 8.78 Å². The Morgan fingerprint density at radius 3 is 2.53 bits per heavy atom. The highest BCUT2D eigenvalue weighted by atomic mass is 19.2. The van der Waals surface area contributed by atoms with Gasteiger partial charge in [-0.3, -0.25) is 9.91 Å². The number of anilines is 1. The SMILES string of the molecule is C/C=C\C(F)=C\F.C=C(C)N(N)/C(=N\N)c1cc(/C(N)=C/N(N)CCCN2CCOCC2)cnc1N. The van der Waals surface area contributed by atoms with Crippen molar-refractivity contribution in [2.45, 2.75) is 20.3 Å². The number of hydrogen-bond acceptors (Lipinski definition) is 10. The lowest BCUT2D eigenvalue weighted by Crippen LogP contribution is -2.38. The first-order chi connectivity index (χ1) is 17.1. The second-order valence-corrected chi connectivity index (χ2v) is 7.84. The number of pyridine rings is 1. The molecule has 13 heteroatoms. The quantitative estimate of drug-likeness (QED) is 0.108. The van der Waals surface area contributed by atoms with Gasteiger partial charge in [0.2, 0.25) is 0 Å². The Bertz CT molecular complexity index is 958. The average Bonchev–Trinajstić information content (AvgIpc) is 2.86. The van der Waals surface area contributed by atoms with Gasteiger partial charge >= 0.3 is 0 Å². The van der Waals surface area contributed by atoms with E-state index in [-0.39, 0.29) is 18.0 Å². The van der Waals surface area contributed by atoms with Gasteiger partial charge in [-0.2, -0.15) is 5.10 Å². The van der Waals surface area contributed by atoms with Gasteiger partial charge in [-0.15, -0.1) is 0 Å². The van der Waals surface area contributed by atoms with Crippen molar-refractivity contribution in [1.29, 1.82) is 0 Å². The highest BCUT2D eigenvalue weighted by Crippen LogP contribution is 2.18. The fourth-order valence-electron chi connectivity index (χ4n) is 3.07. The standard InChI is InChI=1S/C18H32N10O.C5H6F2/c1-13(2)28(23)18(25-21)15-10-14(11-24-17(15)20)16(19)12-27(22)5-3-4-26-6-8-29-9-7-26;1-2-3-5(7)4-6/h10-12H,1,3-9,19,21-23H2,2H3,(H2,20,24);2-4H,1H3/b16-12-,25-18-;3-2-,5-4-. The molecule has 0 spiro atoms. The summed E-state index contributed by atoms with van der Waals surface area (Å²) in [5.74, 6) is 17.1. The Labute approximate surface area is 211 Å². The number of nitrogen functional groups attached to an aromatic ring is 1. The molecule has 0 atom stereocenters. The van der Waals surface area contributed by atoms with E-state index in [1.807, 2.05) is 0 Å². The Morgan fingerprint density at radius 1 is 1.33 bits per heavy atom. The number of hydrazone groups is 1. The molecule has 1 aromatic heterocycles. The number of halogens is 2. The molecule has 2 rings (SSSR count). The zero-order valence-corrected chi connectivity index (χ0v) is 20.9. The molecule has 0 saturated carbocycles. The molecule has 1 fully saturated rings. The van der Waals surface area contributed by atoms with Gasteiger partial charge in [0.1, 0.15) is 12.1 Å². The van der Waals surface area contributed by atoms with Crippen molar-refractivity contribution in [3.05, 3.63) is 66.2 Å². The number of allylic oxidation sites excluding steroid dienone is 4. The molecule has 0 unspecified atom stereocenters. The molecule has 1 aliphatic rings. The van der Waals surface area contributed by atoms with E-state index < -0.39 is 5.83 Å². The van der Waals surface area contributed by atoms with Gasteiger partial charge in [0, 0.05) is 49.8 Å². The van der Waals surface area contributed by atoms with Crippen LogP contribution < -0.4 is 29.0 Å². The third-order valence-corrected chi connectivity index (χ3v) is 4.98. The maximum absolute atomic E-state index is 11.5. The monoisotopic (exact) mass is 508 g/mol. The highest BCUT2D eigenvalue weighted by molar-refractivity contribution is 6.03. The first-order valence-corrected chi connectivity index (χ1v) is 11.3. The zero-order valence-electron chi connectivity index (χ0n) is 20.9. The molecule has 2 heterocycles. The number of rotatable bonds is 9. The van der Waals surface area contributed by atoms with Crippen LogP contribution in [0, 0.1) is 0 Å². The Balaban J connectivity index is 0.000000809. The lowest BCUT2D eigenvalue weighted by molar-refractivity contribution is 0.0366. The lowest BCUT2D eigenvalue weighted by atomic mass is 10.1. The van der Waals surface area contributed by atoms with Gasteiger partial charge in [0.05, 0.1) is 24.5 Å². The van der Waals surface area contributed by atoms with Gasteiger partial charge in [-0.05, 0) is 32.4 Å². The van der Waals surface area contributed by atoms with Crippen molar-refractivity contribution in [2.75, 3.05) is 45.1 Å². The van der Waals surface area contributed by atoms with Crippen LogP contribution in [0.1, 0.15) is 31.4 Å². The van der Waals surface area contributed by atoms with Crippen LogP contribution in [0.5, 0.6) is 0 Å². The number of aromatic nitrogens is 1.